The number of fused-ring (bicyclic) bond motifs is 1. The van der Waals surface area contributed by atoms with Gasteiger partial charge in [-0.3, -0.25) is 4.79 Å². The van der Waals surface area contributed by atoms with E-state index < -0.39 is 5.97 Å². The third kappa shape index (κ3) is 3.63. The van der Waals surface area contributed by atoms with Gasteiger partial charge in [-0.25, -0.2) is 4.79 Å². The first-order valence-corrected chi connectivity index (χ1v) is 8.56. The standard InChI is InChI=1S/C19H17NO3S/c1-13(16-8-4-6-14-5-2-3-7-17(14)16)20-18(21)11-23-19(22)15-9-10-24-12-15/h2-10,12-13H,11H2,1H3,(H,20,21). The van der Waals surface area contributed by atoms with Crippen LogP contribution in [-0.4, -0.2) is 18.5 Å². The van der Waals surface area contributed by atoms with Crippen molar-refractivity contribution >= 4 is 34.0 Å². The molecule has 0 saturated carbocycles. The van der Waals surface area contributed by atoms with Crippen molar-refractivity contribution in [1.29, 1.82) is 0 Å². The molecule has 0 saturated heterocycles. The predicted octanol–water partition coefficient (Wildman–Crippen LogP) is 3.94. The van der Waals surface area contributed by atoms with E-state index in [2.05, 4.69) is 5.32 Å². The van der Waals surface area contributed by atoms with E-state index in [1.54, 1.807) is 16.8 Å². The van der Waals surface area contributed by atoms with Crippen molar-refractivity contribution < 1.29 is 14.3 Å². The first kappa shape index (κ1) is 16.2. The maximum absolute atomic E-state index is 12.1. The van der Waals surface area contributed by atoms with Gasteiger partial charge in [0.15, 0.2) is 6.61 Å². The van der Waals surface area contributed by atoms with Crippen LogP contribution >= 0.6 is 11.3 Å². The van der Waals surface area contributed by atoms with Gasteiger partial charge >= 0.3 is 5.97 Å². The summed E-state index contributed by atoms with van der Waals surface area (Å²) in [6.45, 7) is 1.63. The van der Waals surface area contributed by atoms with Crippen LogP contribution in [0.5, 0.6) is 0 Å². The van der Waals surface area contributed by atoms with Crippen LogP contribution in [0.25, 0.3) is 10.8 Å². The zero-order chi connectivity index (χ0) is 16.9. The molecule has 0 bridgehead atoms. The number of amides is 1. The lowest BCUT2D eigenvalue weighted by atomic mass is 10.00. The molecule has 1 amide bonds. The molecule has 1 atom stereocenters. The molecule has 0 fully saturated rings. The van der Waals surface area contributed by atoms with Crippen molar-refractivity contribution in [2.75, 3.05) is 6.61 Å². The summed E-state index contributed by atoms with van der Waals surface area (Å²) >= 11 is 1.41. The van der Waals surface area contributed by atoms with E-state index >= 15 is 0 Å². The van der Waals surface area contributed by atoms with Gasteiger partial charge in [0.25, 0.3) is 5.91 Å². The number of thiophene rings is 1. The van der Waals surface area contributed by atoms with Crippen molar-refractivity contribution in [1.82, 2.24) is 5.32 Å². The first-order valence-electron chi connectivity index (χ1n) is 7.61. The Hall–Kier alpha value is -2.66. The van der Waals surface area contributed by atoms with Crippen molar-refractivity contribution in [2.45, 2.75) is 13.0 Å². The Morgan fingerprint density at radius 1 is 1.12 bits per heavy atom. The lowest BCUT2D eigenvalue weighted by molar-refractivity contribution is -0.124. The Bertz CT molecular complexity index is 853. The molecule has 1 aromatic heterocycles. The Labute approximate surface area is 144 Å². The summed E-state index contributed by atoms with van der Waals surface area (Å²) in [6, 6.07) is 15.5. The average Bonchev–Trinajstić information content (AvgIpc) is 3.14. The average molecular weight is 339 g/mol. The van der Waals surface area contributed by atoms with E-state index in [9.17, 15) is 9.59 Å². The number of hydrogen-bond donors (Lipinski definition) is 1. The largest absolute Gasteiger partial charge is 0.452 e. The van der Waals surface area contributed by atoms with E-state index in [-0.39, 0.29) is 18.6 Å². The molecule has 0 aliphatic heterocycles. The number of ether oxygens (including phenoxy) is 1. The number of carbonyl (C=O) groups excluding carboxylic acids is 2. The molecule has 0 radical (unpaired) electrons. The summed E-state index contributed by atoms with van der Waals surface area (Å²) < 4.78 is 5.03. The van der Waals surface area contributed by atoms with Crippen molar-refractivity contribution in [3.63, 3.8) is 0 Å². The Balaban J connectivity index is 1.62. The number of rotatable bonds is 5. The van der Waals surface area contributed by atoms with Gasteiger partial charge in [-0.2, -0.15) is 11.3 Å². The molecule has 5 heteroatoms. The van der Waals surface area contributed by atoms with Crippen molar-refractivity contribution in [3.05, 3.63) is 70.4 Å². The highest BCUT2D eigenvalue weighted by Crippen LogP contribution is 2.23. The smallest absolute Gasteiger partial charge is 0.339 e. The maximum Gasteiger partial charge on any atom is 0.339 e. The van der Waals surface area contributed by atoms with Crippen LogP contribution < -0.4 is 5.32 Å². The minimum Gasteiger partial charge on any atom is -0.452 e. The highest BCUT2D eigenvalue weighted by Gasteiger charge is 2.14. The molecule has 3 rings (SSSR count). The number of nitrogens with one attached hydrogen (secondary N) is 1. The van der Waals surface area contributed by atoms with Gasteiger partial charge < -0.3 is 10.1 Å². The molecule has 0 aliphatic carbocycles. The topological polar surface area (TPSA) is 55.4 Å². The molecular formula is C19H17NO3S. The summed E-state index contributed by atoms with van der Waals surface area (Å²) in [7, 11) is 0. The van der Waals surface area contributed by atoms with Crippen LogP contribution in [-0.2, 0) is 9.53 Å². The minimum absolute atomic E-state index is 0.177. The molecule has 3 aromatic rings. The van der Waals surface area contributed by atoms with Gasteiger partial charge in [-0.05, 0) is 34.7 Å². The summed E-state index contributed by atoms with van der Waals surface area (Å²) in [5.74, 6) is -0.803. The third-order valence-electron chi connectivity index (χ3n) is 3.76. The SMILES string of the molecule is CC(NC(=O)COC(=O)c1ccsc1)c1cccc2ccccc12. The molecule has 1 unspecified atom stereocenters. The monoisotopic (exact) mass is 339 g/mol. The fourth-order valence-corrected chi connectivity index (χ4v) is 3.21. The van der Waals surface area contributed by atoms with E-state index in [1.165, 1.54) is 11.3 Å². The van der Waals surface area contributed by atoms with Crippen LogP contribution in [0.3, 0.4) is 0 Å². The zero-order valence-electron chi connectivity index (χ0n) is 13.2. The lowest BCUT2D eigenvalue weighted by Crippen LogP contribution is -2.31. The van der Waals surface area contributed by atoms with Crippen LogP contribution in [0.15, 0.2) is 59.3 Å². The van der Waals surface area contributed by atoms with Gasteiger partial charge in [0, 0.05) is 5.38 Å². The van der Waals surface area contributed by atoms with E-state index in [1.807, 2.05) is 49.4 Å². The highest BCUT2D eigenvalue weighted by molar-refractivity contribution is 7.08. The van der Waals surface area contributed by atoms with E-state index in [0.717, 1.165) is 16.3 Å². The van der Waals surface area contributed by atoms with Gasteiger partial charge in [0.05, 0.1) is 11.6 Å². The Kier molecular flexibility index (Phi) is 4.91. The molecule has 0 aliphatic rings. The molecule has 2 aromatic carbocycles. The molecule has 1 N–H and O–H groups in total. The normalized spacial score (nSPS) is 11.9. The summed E-state index contributed by atoms with van der Waals surface area (Å²) in [4.78, 5) is 23.8. The molecule has 122 valence electrons. The predicted molar refractivity (Wildman–Crippen MR) is 95.1 cm³/mol. The lowest BCUT2D eigenvalue weighted by Gasteiger charge is -2.16. The summed E-state index contributed by atoms with van der Waals surface area (Å²) in [5.41, 5.74) is 1.50. The van der Waals surface area contributed by atoms with E-state index in [0.29, 0.717) is 5.56 Å². The Morgan fingerprint density at radius 3 is 2.71 bits per heavy atom. The van der Waals surface area contributed by atoms with Crippen LogP contribution in [0.4, 0.5) is 0 Å². The first-order chi connectivity index (χ1) is 11.6. The fraction of sp³-hybridized carbons (Fsp3) is 0.158. The van der Waals surface area contributed by atoms with Gasteiger partial charge in [0.1, 0.15) is 0 Å². The third-order valence-corrected chi connectivity index (χ3v) is 4.44. The number of esters is 1. The second kappa shape index (κ2) is 7.27. The number of benzene rings is 2. The number of carbonyl (C=O) groups is 2. The maximum atomic E-state index is 12.1. The highest BCUT2D eigenvalue weighted by atomic mass is 32.1. The zero-order valence-corrected chi connectivity index (χ0v) is 14.0. The molecule has 0 spiro atoms. The van der Waals surface area contributed by atoms with Crippen LogP contribution in [0, 0.1) is 0 Å². The van der Waals surface area contributed by atoms with Crippen molar-refractivity contribution in [2.24, 2.45) is 0 Å². The van der Waals surface area contributed by atoms with Gasteiger partial charge in [-0.1, -0.05) is 42.5 Å². The quantitative estimate of drug-likeness (QED) is 0.717. The Morgan fingerprint density at radius 2 is 1.92 bits per heavy atom. The van der Waals surface area contributed by atoms with Crippen LogP contribution in [0.1, 0.15) is 28.9 Å². The second-order valence-corrected chi connectivity index (χ2v) is 6.23. The molecule has 1 heterocycles. The minimum atomic E-state index is -0.482. The van der Waals surface area contributed by atoms with Crippen LogP contribution in [0.2, 0.25) is 0 Å². The summed E-state index contributed by atoms with van der Waals surface area (Å²) in [5, 5.41) is 8.58. The number of hydrogen-bond acceptors (Lipinski definition) is 4. The molecular weight excluding hydrogens is 322 g/mol. The van der Waals surface area contributed by atoms with Crippen molar-refractivity contribution in [3.8, 4) is 0 Å². The molecule has 24 heavy (non-hydrogen) atoms. The van der Waals surface area contributed by atoms with Gasteiger partial charge in [0.2, 0.25) is 0 Å². The fourth-order valence-electron chi connectivity index (χ4n) is 2.58. The second-order valence-electron chi connectivity index (χ2n) is 5.45. The van der Waals surface area contributed by atoms with Gasteiger partial charge in [-0.15, -0.1) is 0 Å². The molecule has 4 nitrogen and oxygen atoms in total. The van der Waals surface area contributed by atoms with E-state index in [4.69, 9.17) is 4.74 Å². The summed E-state index contributed by atoms with van der Waals surface area (Å²) in [6.07, 6.45) is 0.